The number of aryl methyl sites for hydroxylation is 1. The second-order valence-electron chi connectivity index (χ2n) is 3.73. The summed E-state index contributed by atoms with van der Waals surface area (Å²) in [5.74, 6) is 5.72. The molecule has 1 atom stereocenters. The van der Waals surface area contributed by atoms with Gasteiger partial charge < -0.3 is 0 Å². The van der Waals surface area contributed by atoms with Crippen molar-refractivity contribution in [3.05, 3.63) is 53.7 Å². The van der Waals surface area contributed by atoms with Crippen molar-refractivity contribution in [1.29, 1.82) is 0 Å². The molecule has 0 saturated heterocycles. The average Bonchev–Trinajstić information content (AvgIpc) is 2.71. The zero-order valence-electron chi connectivity index (χ0n) is 9.21. The van der Waals surface area contributed by atoms with Gasteiger partial charge in [-0.25, -0.2) is 5.43 Å². The van der Waals surface area contributed by atoms with Crippen molar-refractivity contribution in [2.24, 2.45) is 5.84 Å². The Labute approximate surface area is 127 Å². The van der Waals surface area contributed by atoms with Gasteiger partial charge in [0, 0.05) is 12.9 Å². The van der Waals surface area contributed by atoms with Crippen molar-refractivity contribution in [2.45, 2.75) is 13.0 Å². The smallest absolute Gasteiger partial charge is 0.0816 e. The average molecular weight is 423 g/mol. The van der Waals surface area contributed by atoms with E-state index in [4.69, 9.17) is 5.84 Å². The van der Waals surface area contributed by atoms with E-state index in [0.717, 1.165) is 4.47 Å². The molecule has 0 aliphatic carbocycles. The maximum absolute atomic E-state index is 5.72. The Balaban J connectivity index is 2.49. The zero-order valence-corrected chi connectivity index (χ0v) is 13.8. The molecule has 2 nitrogen and oxygen atoms in total. The number of thiophene rings is 1. The minimum Gasteiger partial charge on any atom is -0.271 e. The number of nitrogens with two attached hydrogens (primary N) is 1. The quantitative estimate of drug-likeness (QED) is 0.446. The Bertz CT molecular complexity index is 527. The monoisotopic (exact) mass is 422 g/mol. The Morgan fingerprint density at radius 2 is 2.18 bits per heavy atom. The van der Waals surface area contributed by atoms with E-state index in [-0.39, 0.29) is 6.04 Å². The summed E-state index contributed by atoms with van der Waals surface area (Å²) in [6.45, 7) is 2.11. The van der Waals surface area contributed by atoms with Gasteiger partial charge in [-0.1, -0.05) is 15.9 Å². The van der Waals surface area contributed by atoms with Crippen LogP contribution < -0.4 is 11.3 Å². The van der Waals surface area contributed by atoms with E-state index in [1.165, 1.54) is 19.6 Å². The topological polar surface area (TPSA) is 38.0 Å². The fourth-order valence-corrected chi connectivity index (χ4v) is 3.72. The summed E-state index contributed by atoms with van der Waals surface area (Å²) in [4.78, 5) is 1.26. The third kappa shape index (κ3) is 2.90. The first-order valence-electron chi connectivity index (χ1n) is 5.08. The van der Waals surface area contributed by atoms with Gasteiger partial charge in [0.15, 0.2) is 0 Å². The highest BCUT2D eigenvalue weighted by molar-refractivity contribution is 14.1. The van der Waals surface area contributed by atoms with Crippen LogP contribution in [0.15, 0.2) is 34.1 Å². The summed E-state index contributed by atoms with van der Waals surface area (Å²) in [6, 6.07) is 8.44. The van der Waals surface area contributed by atoms with Crippen LogP contribution in [-0.4, -0.2) is 0 Å². The molecular weight excluding hydrogens is 411 g/mol. The van der Waals surface area contributed by atoms with Crippen molar-refractivity contribution >= 4 is 49.9 Å². The van der Waals surface area contributed by atoms with Crippen LogP contribution in [0.2, 0.25) is 0 Å². The summed E-state index contributed by atoms with van der Waals surface area (Å²) >= 11 is 7.63. The third-order valence-corrected chi connectivity index (χ3v) is 5.08. The molecule has 0 saturated carbocycles. The van der Waals surface area contributed by atoms with Crippen molar-refractivity contribution < 1.29 is 0 Å². The van der Waals surface area contributed by atoms with Crippen molar-refractivity contribution in [3.8, 4) is 0 Å². The van der Waals surface area contributed by atoms with Crippen molar-refractivity contribution in [2.75, 3.05) is 0 Å². The van der Waals surface area contributed by atoms with Crippen LogP contribution in [0.5, 0.6) is 0 Å². The second-order valence-corrected chi connectivity index (χ2v) is 6.78. The zero-order chi connectivity index (χ0) is 12.4. The van der Waals surface area contributed by atoms with Crippen molar-refractivity contribution in [3.63, 3.8) is 0 Å². The minimum absolute atomic E-state index is 0.0408. The number of rotatable bonds is 3. The van der Waals surface area contributed by atoms with Crippen LogP contribution in [0, 0.1) is 10.5 Å². The maximum atomic E-state index is 5.72. The molecular formula is C12H12BrIN2S. The van der Waals surface area contributed by atoms with Gasteiger partial charge in [-0.3, -0.25) is 5.84 Å². The van der Waals surface area contributed by atoms with Gasteiger partial charge in [-0.2, -0.15) is 0 Å². The van der Waals surface area contributed by atoms with Gasteiger partial charge in [0.2, 0.25) is 0 Å². The van der Waals surface area contributed by atoms with Crippen LogP contribution >= 0.6 is 49.9 Å². The lowest BCUT2D eigenvalue weighted by Gasteiger charge is -2.18. The van der Waals surface area contributed by atoms with Gasteiger partial charge in [-0.15, -0.1) is 11.3 Å². The lowest BCUT2D eigenvalue weighted by molar-refractivity contribution is 0.641. The van der Waals surface area contributed by atoms with Gasteiger partial charge >= 0.3 is 0 Å². The fourth-order valence-electron chi connectivity index (χ4n) is 1.72. The number of halogens is 2. The molecule has 5 heteroatoms. The molecule has 0 aliphatic rings. The van der Waals surface area contributed by atoms with Crippen molar-refractivity contribution in [1.82, 2.24) is 5.43 Å². The first-order valence-corrected chi connectivity index (χ1v) is 7.83. The summed E-state index contributed by atoms with van der Waals surface area (Å²) in [7, 11) is 0. The van der Waals surface area contributed by atoms with E-state index < -0.39 is 0 Å². The highest BCUT2D eigenvalue weighted by atomic mass is 127. The molecule has 0 fully saturated rings. The molecule has 17 heavy (non-hydrogen) atoms. The Morgan fingerprint density at radius 1 is 1.41 bits per heavy atom. The van der Waals surface area contributed by atoms with E-state index in [1.54, 1.807) is 11.3 Å². The molecule has 0 radical (unpaired) electrons. The number of nitrogens with one attached hydrogen (secondary N) is 1. The van der Waals surface area contributed by atoms with E-state index in [2.05, 4.69) is 80.5 Å². The second kappa shape index (κ2) is 5.79. The summed E-state index contributed by atoms with van der Waals surface area (Å²) < 4.78 is 2.28. The first-order chi connectivity index (χ1) is 8.13. The third-order valence-electron chi connectivity index (χ3n) is 2.60. The molecule has 1 unspecified atom stereocenters. The van der Waals surface area contributed by atoms with Gasteiger partial charge in [0.25, 0.3) is 0 Å². The van der Waals surface area contributed by atoms with E-state index in [0.29, 0.717) is 0 Å². The lowest BCUT2D eigenvalue weighted by atomic mass is 10.0. The van der Waals surface area contributed by atoms with E-state index in [1.807, 2.05) is 0 Å². The minimum atomic E-state index is 0.0408. The number of benzene rings is 1. The Hall–Kier alpha value is 0.0500. The molecule has 2 rings (SSSR count). The largest absolute Gasteiger partial charge is 0.271 e. The molecule has 1 aromatic heterocycles. The van der Waals surface area contributed by atoms with Crippen LogP contribution in [0.4, 0.5) is 0 Å². The van der Waals surface area contributed by atoms with Crippen LogP contribution in [0.1, 0.15) is 22.0 Å². The van der Waals surface area contributed by atoms with Crippen LogP contribution in [-0.2, 0) is 0 Å². The molecule has 1 aromatic carbocycles. The molecule has 0 spiro atoms. The van der Waals surface area contributed by atoms with Crippen LogP contribution in [0.25, 0.3) is 0 Å². The fraction of sp³-hybridized carbons (Fsp3) is 0.167. The van der Waals surface area contributed by atoms with Gasteiger partial charge in [-0.05, 0) is 70.3 Å². The maximum Gasteiger partial charge on any atom is 0.0816 e. The predicted octanol–water partition coefficient (Wildman–Crippen LogP) is 3.98. The Kier molecular flexibility index (Phi) is 4.59. The predicted molar refractivity (Wildman–Crippen MR) is 85.1 cm³/mol. The SMILES string of the molecule is Cc1ccsc1C(NN)c1cc(I)ccc1Br. The molecule has 0 amide bonds. The number of hydrazine groups is 1. The first kappa shape index (κ1) is 13.5. The molecule has 0 aliphatic heterocycles. The van der Waals surface area contributed by atoms with Gasteiger partial charge in [0.05, 0.1) is 6.04 Å². The summed E-state index contributed by atoms with van der Waals surface area (Å²) in [6.07, 6.45) is 0. The number of hydrogen-bond donors (Lipinski definition) is 2. The Morgan fingerprint density at radius 3 is 2.76 bits per heavy atom. The van der Waals surface area contributed by atoms with Gasteiger partial charge in [0.1, 0.15) is 0 Å². The van der Waals surface area contributed by atoms with E-state index in [9.17, 15) is 0 Å². The normalized spacial score (nSPS) is 12.7. The highest BCUT2D eigenvalue weighted by Gasteiger charge is 2.18. The molecule has 2 aromatic rings. The molecule has 3 N–H and O–H groups in total. The lowest BCUT2D eigenvalue weighted by Crippen LogP contribution is -2.29. The standard InChI is InChI=1S/C12H12BrIN2S/c1-7-4-5-17-12(7)11(16-15)9-6-8(14)2-3-10(9)13/h2-6,11,16H,15H2,1H3. The van der Waals surface area contributed by atoms with E-state index >= 15 is 0 Å². The van der Waals surface area contributed by atoms with Crippen LogP contribution in [0.3, 0.4) is 0 Å². The molecule has 90 valence electrons. The number of hydrogen-bond acceptors (Lipinski definition) is 3. The summed E-state index contributed by atoms with van der Waals surface area (Å²) in [5.41, 5.74) is 5.35. The highest BCUT2D eigenvalue weighted by Crippen LogP contribution is 2.33. The summed E-state index contributed by atoms with van der Waals surface area (Å²) in [5, 5.41) is 2.09. The molecule has 0 bridgehead atoms. The molecule has 1 heterocycles.